The summed E-state index contributed by atoms with van der Waals surface area (Å²) < 4.78 is 2.10. The Kier molecular flexibility index (Phi) is 7.50. The van der Waals surface area contributed by atoms with E-state index in [0.717, 1.165) is 53.1 Å². The van der Waals surface area contributed by atoms with E-state index in [0.29, 0.717) is 5.92 Å². The maximum atomic E-state index is 13.2. The van der Waals surface area contributed by atoms with Gasteiger partial charge in [0, 0.05) is 11.4 Å². The number of anilines is 1. The highest BCUT2D eigenvalue weighted by molar-refractivity contribution is 8.00. The summed E-state index contributed by atoms with van der Waals surface area (Å²) in [7, 11) is 0. The summed E-state index contributed by atoms with van der Waals surface area (Å²) in [5, 5.41) is 12.6. The normalized spacial score (nSPS) is 15.2. The summed E-state index contributed by atoms with van der Waals surface area (Å²) in [6.07, 6.45) is 2.46. The van der Waals surface area contributed by atoms with Gasteiger partial charge >= 0.3 is 0 Å². The summed E-state index contributed by atoms with van der Waals surface area (Å²) in [6, 6.07) is 16.3. The molecule has 7 heteroatoms. The molecule has 1 saturated heterocycles. The molecule has 2 heterocycles. The minimum Gasteiger partial charge on any atom is -0.325 e. The third-order valence-corrected chi connectivity index (χ3v) is 7.15. The highest BCUT2D eigenvalue weighted by Crippen LogP contribution is 2.30. The predicted octanol–water partition coefficient (Wildman–Crippen LogP) is 5.41. The first kappa shape index (κ1) is 23.5. The smallest absolute Gasteiger partial charge is 0.237 e. The number of nitrogens with zero attached hydrogens (tertiary/aromatic N) is 4. The van der Waals surface area contributed by atoms with E-state index < -0.39 is 0 Å². The zero-order valence-electron chi connectivity index (χ0n) is 19.9. The first-order valence-electron chi connectivity index (χ1n) is 11.7. The van der Waals surface area contributed by atoms with Gasteiger partial charge in [0.05, 0.1) is 11.8 Å². The van der Waals surface area contributed by atoms with E-state index >= 15 is 0 Å². The first-order chi connectivity index (χ1) is 15.9. The van der Waals surface area contributed by atoms with Gasteiger partial charge in [0.1, 0.15) is 0 Å². The van der Waals surface area contributed by atoms with Crippen LogP contribution in [0.1, 0.15) is 56.5 Å². The van der Waals surface area contributed by atoms with E-state index in [-0.39, 0.29) is 11.2 Å². The van der Waals surface area contributed by atoms with Crippen LogP contribution in [0.4, 0.5) is 5.69 Å². The van der Waals surface area contributed by atoms with Crippen LogP contribution in [-0.4, -0.2) is 43.9 Å². The third kappa shape index (κ3) is 5.47. The number of rotatable bonds is 8. The molecule has 1 amide bonds. The monoisotopic (exact) mass is 463 g/mol. The predicted molar refractivity (Wildman–Crippen MR) is 135 cm³/mol. The third-order valence-electron chi connectivity index (χ3n) is 6.11. The molecule has 0 saturated carbocycles. The largest absolute Gasteiger partial charge is 0.325 e. The molecular formula is C26H33N5OS. The fourth-order valence-corrected chi connectivity index (χ4v) is 5.12. The molecule has 0 bridgehead atoms. The Balaban J connectivity index is 1.56. The number of likely N-dealkylation sites (tertiary alicyclic amines) is 1. The van der Waals surface area contributed by atoms with Crippen molar-refractivity contribution in [2.75, 3.05) is 18.4 Å². The zero-order chi connectivity index (χ0) is 23.4. The van der Waals surface area contributed by atoms with Gasteiger partial charge in [0.15, 0.2) is 11.0 Å². The number of carbonyl (C=O) groups is 1. The molecule has 33 heavy (non-hydrogen) atoms. The molecule has 2 aromatic carbocycles. The second-order valence-corrected chi connectivity index (χ2v) is 10.3. The molecule has 1 unspecified atom stereocenters. The van der Waals surface area contributed by atoms with Crippen molar-refractivity contribution >= 4 is 23.4 Å². The number of hydrogen-bond acceptors (Lipinski definition) is 5. The van der Waals surface area contributed by atoms with Crippen molar-refractivity contribution in [1.82, 2.24) is 19.7 Å². The number of thioether (sulfide) groups is 1. The van der Waals surface area contributed by atoms with Crippen molar-refractivity contribution in [3.63, 3.8) is 0 Å². The van der Waals surface area contributed by atoms with Gasteiger partial charge in [-0.1, -0.05) is 62.0 Å². The summed E-state index contributed by atoms with van der Waals surface area (Å²) in [5.74, 6) is 1.22. The Bertz CT molecular complexity index is 1090. The minimum absolute atomic E-state index is 0.0279. The van der Waals surface area contributed by atoms with Crippen LogP contribution in [0.25, 0.3) is 5.69 Å². The van der Waals surface area contributed by atoms with Gasteiger partial charge in [-0.05, 0) is 69.0 Å². The van der Waals surface area contributed by atoms with E-state index in [1.807, 2.05) is 44.2 Å². The van der Waals surface area contributed by atoms with Crippen LogP contribution < -0.4 is 5.32 Å². The molecule has 1 aliphatic rings. The highest BCUT2D eigenvalue weighted by atomic mass is 32.2. The maximum Gasteiger partial charge on any atom is 0.237 e. The summed E-state index contributed by atoms with van der Waals surface area (Å²) in [5.41, 5.74) is 4.17. The van der Waals surface area contributed by atoms with Crippen molar-refractivity contribution in [1.29, 1.82) is 0 Å². The van der Waals surface area contributed by atoms with Crippen molar-refractivity contribution in [3.05, 3.63) is 65.5 Å². The van der Waals surface area contributed by atoms with Crippen molar-refractivity contribution in [2.45, 2.75) is 63.4 Å². The van der Waals surface area contributed by atoms with Crippen LogP contribution in [0.3, 0.4) is 0 Å². The average Bonchev–Trinajstić information content (AvgIpc) is 3.46. The molecular weight excluding hydrogens is 430 g/mol. The topological polar surface area (TPSA) is 63.1 Å². The number of carbonyl (C=O) groups excluding carboxylic acids is 1. The maximum absolute atomic E-state index is 13.2. The van der Waals surface area contributed by atoms with Crippen molar-refractivity contribution < 1.29 is 4.79 Å². The number of aryl methyl sites for hydroxylation is 1. The lowest BCUT2D eigenvalue weighted by atomic mass is 9.98. The molecule has 1 fully saturated rings. The van der Waals surface area contributed by atoms with Crippen molar-refractivity contribution in [3.8, 4) is 5.69 Å². The molecule has 0 aliphatic carbocycles. The summed E-state index contributed by atoms with van der Waals surface area (Å²) >= 11 is 1.45. The lowest BCUT2D eigenvalue weighted by Gasteiger charge is -2.19. The standard InChI is InChI=1S/C26H33N5OS/c1-18(2)22-14-10-11-19(3)24(22)27-25(32)20(4)33-26-29-28-23(17-30-15-8-9-16-30)31(26)21-12-6-5-7-13-21/h5-7,10-14,18,20H,8-9,15-17H2,1-4H3,(H,27,32). The number of amides is 1. The fraction of sp³-hybridized carbons (Fsp3) is 0.423. The molecule has 0 spiro atoms. The minimum atomic E-state index is -0.323. The molecule has 6 nitrogen and oxygen atoms in total. The Morgan fingerprint density at radius 3 is 2.45 bits per heavy atom. The van der Waals surface area contributed by atoms with Gasteiger partial charge < -0.3 is 5.32 Å². The second-order valence-electron chi connectivity index (χ2n) is 9.00. The molecule has 4 rings (SSSR count). The molecule has 1 N–H and O–H groups in total. The molecule has 174 valence electrons. The van der Waals surface area contributed by atoms with E-state index in [4.69, 9.17) is 0 Å². The Hall–Kier alpha value is -2.64. The molecule has 1 aliphatic heterocycles. The van der Waals surface area contributed by atoms with Gasteiger partial charge in [-0.3, -0.25) is 14.3 Å². The van der Waals surface area contributed by atoms with Crippen LogP contribution >= 0.6 is 11.8 Å². The highest BCUT2D eigenvalue weighted by Gasteiger charge is 2.24. The molecule has 3 aromatic rings. The van der Waals surface area contributed by atoms with Gasteiger partial charge in [0.25, 0.3) is 0 Å². The van der Waals surface area contributed by atoms with E-state index in [1.165, 1.54) is 24.6 Å². The van der Waals surface area contributed by atoms with Gasteiger partial charge in [-0.25, -0.2) is 0 Å². The molecule has 1 aromatic heterocycles. The number of para-hydroxylation sites is 2. The Morgan fingerprint density at radius 1 is 1.03 bits per heavy atom. The van der Waals surface area contributed by atoms with E-state index in [1.54, 1.807) is 0 Å². The van der Waals surface area contributed by atoms with Crippen LogP contribution in [0.2, 0.25) is 0 Å². The lowest BCUT2D eigenvalue weighted by molar-refractivity contribution is -0.115. The summed E-state index contributed by atoms with van der Waals surface area (Å²) in [4.78, 5) is 15.6. The lowest BCUT2D eigenvalue weighted by Crippen LogP contribution is -2.24. The van der Waals surface area contributed by atoms with Gasteiger partial charge in [0.2, 0.25) is 5.91 Å². The van der Waals surface area contributed by atoms with Gasteiger partial charge in [-0.2, -0.15) is 0 Å². The Labute approximate surface area is 200 Å². The quantitative estimate of drug-likeness (QED) is 0.452. The Morgan fingerprint density at radius 2 is 1.76 bits per heavy atom. The van der Waals surface area contributed by atoms with Gasteiger partial charge in [-0.15, -0.1) is 10.2 Å². The van der Waals surface area contributed by atoms with E-state index in [9.17, 15) is 4.79 Å². The zero-order valence-corrected chi connectivity index (χ0v) is 20.7. The molecule has 1 atom stereocenters. The van der Waals surface area contributed by atoms with Crippen LogP contribution in [0, 0.1) is 6.92 Å². The van der Waals surface area contributed by atoms with Crippen molar-refractivity contribution in [2.24, 2.45) is 0 Å². The van der Waals surface area contributed by atoms with Crippen LogP contribution in [0.15, 0.2) is 53.7 Å². The summed E-state index contributed by atoms with van der Waals surface area (Å²) in [6.45, 7) is 11.2. The number of aromatic nitrogens is 3. The van der Waals surface area contributed by atoms with Crippen LogP contribution in [0.5, 0.6) is 0 Å². The average molecular weight is 464 g/mol. The SMILES string of the molecule is Cc1cccc(C(C)C)c1NC(=O)C(C)Sc1nnc(CN2CCCC2)n1-c1ccccc1. The number of nitrogens with one attached hydrogen (secondary N) is 1. The number of benzene rings is 2. The second kappa shape index (κ2) is 10.5. The fourth-order valence-electron chi connectivity index (χ4n) is 4.24. The van der Waals surface area contributed by atoms with E-state index in [2.05, 4.69) is 57.0 Å². The molecule has 0 radical (unpaired) electrons. The first-order valence-corrected chi connectivity index (χ1v) is 12.6. The van der Waals surface area contributed by atoms with Crippen LogP contribution in [-0.2, 0) is 11.3 Å². The number of hydrogen-bond donors (Lipinski definition) is 1.